The van der Waals surface area contributed by atoms with Gasteiger partial charge in [-0.2, -0.15) is 0 Å². The molecule has 1 aliphatic carbocycles. The maximum absolute atomic E-state index is 12.8. The summed E-state index contributed by atoms with van der Waals surface area (Å²) in [6.07, 6.45) is 4.08. The Balaban J connectivity index is 1.77. The minimum Gasteiger partial charge on any atom is -0.491 e. The number of rotatable bonds is 7. The lowest BCUT2D eigenvalue weighted by Crippen LogP contribution is -2.45. The summed E-state index contributed by atoms with van der Waals surface area (Å²) in [6, 6.07) is 6.19. The standard InChI is InChI=1S/C19H30FN3O2/c1-3-21-19(23-16-8-4-14(2)5-9-16)22-12-17(24)13-25-18-10-6-15(20)7-11-18/h6-7,10-11,14,16-17,24H,3-5,8-9,12-13H2,1-2H3,(H2,21,22,23). The van der Waals surface area contributed by atoms with Crippen molar-refractivity contribution in [1.29, 1.82) is 0 Å². The van der Waals surface area contributed by atoms with Crippen molar-refractivity contribution in [1.82, 2.24) is 10.6 Å². The Kier molecular flexibility index (Phi) is 7.98. The van der Waals surface area contributed by atoms with Gasteiger partial charge in [0.2, 0.25) is 0 Å². The molecule has 3 N–H and O–H groups in total. The molecular formula is C19H30FN3O2. The maximum atomic E-state index is 12.8. The second-order valence-electron chi connectivity index (χ2n) is 6.74. The van der Waals surface area contributed by atoms with E-state index >= 15 is 0 Å². The van der Waals surface area contributed by atoms with Crippen LogP contribution in [0.5, 0.6) is 5.75 Å². The third kappa shape index (κ3) is 7.30. The SMILES string of the molecule is CCNC(=NCC(O)COc1ccc(F)cc1)NC1CCC(C)CC1. The minimum atomic E-state index is -0.716. The average Bonchev–Trinajstić information content (AvgIpc) is 2.61. The lowest BCUT2D eigenvalue weighted by atomic mass is 9.87. The number of ether oxygens (including phenoxy) is 1. The highest BCUT2D eigenvalue weighted by Gasteiger charge is 2.19. The summed E-state index contributed by atoms with van der Waals surface area (Å²) in [4.78, 5) is 4.46. The Bertz CT molecular complexity index is 528. The molecule has 0 spiro atoms. The van der Waals surface area contributed by atoms with E-state index in [1.165, 1.54) is 25.0 Å². The number of nitrogens with one attached hydrogen (secondary N) is 2. The first-order chi connectivity index (χ1) is 12.1. The van der Waals surface area contributed by atoms with Gasteiger partial charge in [-0.05, 0) is 62.8 Å². The lowest BCUT2D eigenvalue weighted by Gasteiger charge is -2.28. The monoisotopic (exact) mass is 351 g/mol. The first-order valence-electron chi connectivity index (χ1n) is 9.18. The molecule has 1 atom stereocenters. The van der Waals surface area contributed by atoms with Gasteiger partial charge in [-0.1, -0.05) is 6.92 Å². The van der Waals surface area contributed by atoms with Gasteiger partial charge in [0.1, 0.15) is 24.3 Å². The fourth-order valence-electron chi connectivity index (χ4n) is 2.89. The van der Waals surface area contributed by atoms with Crippen molar-refractivity contribution in [3.8, 4) is 5.75 Å². The summed E-state index contributed by atoms with van der Waals surface area (Å²) in [7, 11) is 0. The van der Waals surface area contributed by atoms with E-state index in [4.69, 9.17) is 4.74 Å². The second kappa shape index (κ2) is 10.2. The van der Waals surface area contributed by atoms with Crippen molar-refractivity contribution in [2.45, 2.75) is 51.7 Å². The fraction of sp³-hybridized carbons (Fsp3) is 0.632. The summed E-state index contributed by atoms with van der Waals surface area (Å²) >= 11 is 0. The highest BCUT2D eigenvalue weighted by molar-refractivity contribution is 5.80. The van der Waals surface area contributed by atoms with Gasteiger partial charge in [-0.25, -0.2) is 4.39 Å². The molecule has 6 heteroatoms. The maximum Gasteiger partial charge on any atom is 0.191 e. The van der Waals surface area contributed by atoms with Crippen molar-refractivity contribution in [3.63, 3.8) is 0 Å². The van der Waals surface area contributed by atoms with Crippen LogP contribution < -0.4 is 15.4 Å². The van der Waals surface area contributed by atoms with E-state index in [0.717, 1.165) is 31.3 Å². The van der Waals surface area contributed by atoms with Crippen molar-refractivity contribution in [3.05, 3.63) is 30.1 Å². The summed E-state index contributed by atoms with van der Waals surface area (Å²) in [5.41, 5.74) is 0. The lowest BCUT2D eigenvalue weighted by molar-refractivity contribution is 0.114. The largest absolute Gasteiger partial charge is 0.491 e. The van der Waals surface area contributed by atoms with Crippen LogP contribution in [0, 0.1) is 11.7 Å². The first kappa shape index (κ1) is 19.5. The van der Waals surface area contributed by atoms with Crippen molar-refractivity contribution in [2.75, 3.05) is 19.7 Å². The quantitative estimate of drug-likeness (QED) is 0.522. The molecule has 1 fully saturated rings. The van der Waals surface area contributed by atoms with Crippen LogP contribution in [-0.4, -0.2) is 42.9 Å². The van der Waals surface area contributed by atoms with Crippen LogP contribution in [0.1, 0.15) is 39.5 Å². The number of halogens is 1. The molecule has 2 rings (SSSR count). The van der Waals surface area contributed by atoms with Gasteiger partial charge in [-0.15, -0.1) is 0 Å². The van der Waals surface area contributed by atoms with Gasteiger partial charge < -0.3 is 20.5 Å². The van der Waals surface area contributed by atoms with Crippen molar-refractivity contribution >= 4 is 5.96 Å². The van der Waals surface area contributed by atoms with Crippen LogP contribution in [-0.2, 0) is 0 Å². The van der Waals surface area contributed by atoms with Gasteiger partial charge >= 0.3 is 0 Å². The number of aliphatic hydroxyl groups is 1. The number of aliphatic imine (C=N–C) groups is 1. The predicted octanol–water partition coefficient (Wildman–Crippen LogP) is 2.70. The molecule has 1 unspecified atom stereocenters. The van der Waals surface area contributed by atoms with E-state index in [0.29, 0.717) is 11.8 Å². The zero-order valence-corrected chi connectivity index (χ0v) is 15.2. The molecule has 1 aliphatic rings. The number of benzene rings is 1. The molecule has 1 aromatic carbocycles. The van der Waals surface area contributed by atoms with Crippen LogP contribution in [0.4, 0.5) is 4.39 Å². The highest BCUT2D eigenvalue weighted by Crippen LogP contribution is 2.23. The number of nitrogens with zero attached hydrogens (tertiary/aromatic N) is 1. The molecule has 0 radical (unpaired) electrons. The second-order valence-corrected chi connectivity index (χ2v) is 6.74. The van der Waals surface area contributed by atoms with Gasteiger partial charge in [0.15, 0.2) is 5.96 Å². The van der Waals surface area contributed by atoms with E-state index < -0.39 is 6.10 Å². The van der Waals surface area contributed by atoms with Crippen LogP contribution in [0.3, 0.4) is 0 Å². The number of hydrogen-bond acceptors (Lipinski definition) is 3. The van der Waals surface area contributed by atoms with Gasteiger partial charge in [-0.3, -0.25) is 4.99 Å². The zero-order chi connectivity index (χ0) is 18.1. The summed E-state index contributed by atoms with van der Waals surface area (Å²) in [5, 5.41) is 16.7. The number of aliphatic hydroxyl groups excluding tert-OH is 1. The van der Waals surface area contributed by atoms with Crippen LogP contribution >= 0.6 is 0 Å². The summed E-state index contributed by atoms with van der Waals surface area (Å²) in [6.45, 7) is 5.47. The summed E-state index contributed by atoms with van der Waals surface area (Å²) in [5.74, 6) is 1.77. The molecule has 0 amide bonds. The molecule has 0 aliphatic heterocycles. The van der Waals surface area contributed by atoms with Gasteiger partial charge in [0, 0.05) is 12.6 Å². The molecule has 0 heterocycles. The molecule has 140 valence electrons. The van der Waals surface area contributed by atoms with E-state index in [1.807, 2.05) is 6.92 Å². The zero-order valence-electron chi connectivity index (χ0n) is 15.2. The topological polar surface area (TPSA) is 65.9 Å². The molecule has 0 bridgehead atoms. The van der Waals surface area contributed by atoms with Crippen LogP contribution in [0.25, 0.3) is 0 Å². The Morgan fingerprint density at radius 2 is 1.96 bits per heavy atom. The number of guanidine groups is 1. The Morgan fingerprint density at radius 1 is 1.28 bits per heavy atom. The predicted molar refractivity (Wildman–Crippen MR) is 98.4 cm³/mol. The van der Waals surface area contributed by atoms with Gasteiger partial charge in [0.05, 0.1) is 6.54 Å². The van der Waals surface area contributed by atoms with Crippen LogP contribution in [0.15, 0.2) is 29.3 Å². The number of hydrogen-bond donors (Lipinski definition) is 3. The normalized spacial score (nSPS) is 22.3. The first-order valence-corrected chi connectivity index (χ1v) is 9.18. The van der Waals surface area contributed by atoms with E-state index in [1.54, 1.807) is 12.1 Å². The van der Waals surface area contributed by atoms with E-state index in [-0.39, 0.29) is 19.0 Å². The van der Waals surface area contributed by atoms with Crippen molar-refractivity contribution < 1.29 is 14.2 Å². The third-order valence-corrected chi connectivity index (χ3v) is 4.42. The minimum absolute atomic E-state index is 0.121. The molecule has 1 aromatic rings. The van der Waals surface area contributed by atoms with Gasteiger partial charge in [0.25, 0.3) is 0 Å². The average molecular weight is 351 g/mol. The van der Waals surface area contributed by atoms with E-state index in [2.05, 4.69) is 22.5 Å². The molecule has 25 heavy (non-hydrogen) atoms. The highest BCUT2D eigenvalue weighted by atomic mass is 19.1. The van der Waals surface area contributed by atoms with Crippen molar-refractivity contribution in [2.24, 2.45) is 10.9 Å². The molecule has 1 saturated carbocycles. The summed E-state index contributed by atoms with van der Waals surface area (Å²) < 4.78 is 18.3. The fourth-order valence-corrected chi connectivity index (χ4v) is 2.89. The molecule has 0 aromatic heterocycles. The Hall–Kier alpha value is -1.82. The Morgan fingerprint density at radius 3 is 2.60 bits per heavy atom. The van der Waals surface area contributed by atoms with E-state index in [9.17, 15) is 9.50 Å². The molecule has 0 saturated heterocycles. The smallest absolute Gasteiger partial charge is 0.191 e. The third-order valence-electron chi connectivity index (χ3n) is 4.42. The molecular weight excluding hydrogens is 321 g/mol. The Labute approximate surface area is 149 Å². The molecule has 5 nitrogen and oxygen atoms in total. The van der Waals surface area contributed by atoms with Crippen LogP contribution in [0.2, 0.25) is 0 Å².